The van der Waals surface area contributed by atoms with Crippen molar-refractivity contribution in [2.75, 3.05) is 5.32 Å². The van der Waals surface area contributed by atoms with Gasteiger partial charge in [0.25, 0.3) is 21.5 Å². The summed E-state index contributed by atoms with van der Waals surface area (Å²) in [6.07, 6.45) is 1.24. The van der Waals surface area contributed by atoms with Crippen LogP contribution in [0, 0.1) is 25.5 Å². The molecule has 14 heteroatoms. The first kappa shape index (κ1) is 32.5. The lowest BCUT2D eigenvalue weighted by Gasteiger charge is -2.13. The van der Waals surface area contributed by atoms with Crippen LogP contribution in [0.2, 0.25) is 0 Å². The molecule has 5 aromatic rings. The number of pyridine rings is 2. The quantitative estimate of drug-likeness (QED) is 0.240. The number of anilines is 1. The van der Waals surface area contributed by atoms with E-state index < -0.39 is 45.6 Å². The lowest BCUT2D eigenvalue weighted by molar-refractivity contribution is -0.118. The summed E-state index contributed by atoms with van der Waals surface area (Å²) in [4.78, 5) is 37.8. The molecular weight excluding hydrogens is 632 g/mol. The highest BCUT2D eigenvalue weighted by Crippen LogP contribution is 2.26. The van der Waals surface area contributed by atoms with Crippen LogP contribution in [0.1, 0.15) is 21.6 Å². The number of nitrogens with one attached hydrogen (secondary N) is 1. The van der Waals surface area contributed by atoms with Crippen LogP contribution in [0.4, 0.5) is 14.5 Å². The minimum absolute atomic E-state index is 0.0207. The Labute approximate surface area is 267 Å². The van der Waals surface area contributed by atoms with E-state index in [0.29, 0.717) is 11.4 Å². The van der Waals surface area contributed by atoms with Crippen molar-refractivity contribution in [3.8, 4) is 17.2 Å². The van der Waals surface area contributed by atoms with E-state index in [-0.39, 0.29) is 33.1 Å². The first-order chi connectivity index (χ1) is 22.3. The maximum Gasteiger partial charge on any atom is 0.284 e. The monoisotopic (exact) mass is 659 g/mol. The second-order valence-corrected chi connectivity index (χ2v) is 12.0. The third-order valence-electron chi connectivity index (χ3n) is 6.86. The van der Waals surface area contributed by atoms with Crippen LogP contribution in [-0.4, -0.2) is 29.4 Å². The van der Waals surface area contributed by atoms with Crippen LogP contribution >= 0.6 is 0 Å². The van der Waals surface area contributed by atoms with Crippen molar-refractivity contribution in [3.05, 3.63) is 141 Å². The van der Waals surface area contributed by atoms with Gasteiger partial charge in [0.1, 0.15) is 29.2 Å². The molecule has 0 bridgehead atoms. The molecule has 2 aromatic heterocycles. The topological polar surface area (TPSA) is 155 Å². The number of benzene rings is 3. The smallest absolute Gasteiger partial charge is 0.284 e. The lowest BCUT2D eigenvalue weighted by atomic mass is 10.2. The Morgan fingerprint density at radius 2 is 1.62 bits per heavy atom. The Hall–Kier alpha value is -5.89. The van der Waals surface area contributed by atoms with Gasteiger partial charge in [0.05, 0.1) is 4.90 Å². The Morgan fingerprint density at radius 3 is 2.28 bits per heavy atom. The first-order valence-corrected chi connectivity index (χ1v) is 15.4. The summed E-state index contributed by atoms with van der Waals surface area (Å²) in [6.45, 7) is 3.01. The number of nitrogens with zero attached hydrogens (tertiary/aromatic N) is 3. The van der Waals surface area contributed by atoms with Gasteiger partial charge >= 0.3 is 0 Å². The van der Waals surface area contributed by atoms with Crippen molar-refractivity contribution >= 4 is 27.5 Å². The predicted molar refractivity (Wildman–Crippen MR) is 169 cm³/mol. The lowest BCUT2D eigenvalue weighted by Crippen LogP contribution is -2.29. The molecule has 2 amide bonds. The van der Waals surface area contributed by atoms with E-state index in [1.54, 1.807) is 32.0 Å². The van der Waals surface area contributed by atoms with Crippen molar-refractivity contribution in [2.24, 2.45) is 10.1 Å². The average molecular weight is 660 g/mol. The highest BCUT2D eigenvalue weighted by atomic mass is 32.2. The van der Waals surface area contributed by atoms with E-state index in [0.717, 1.165) is 16.2 Å². The van der Waals surface area contributed by atoms with Gasteiger partial charge in [-0.05, 0) is 86.6 Å². The van der Waals surface area contributed by atoms with Gasteiger partial charge in [0.15, 0.2) is 11.6 Å². The molecule has 2 heterocycles. The molecule has 0 saturated carbocycles. The number of carbonyl (C=O) groups excluding carboxylic acids is 2. The molecule has 0 unspecified atom stereocenters. The van der Waals surface area contributed by atoms with Crippen LogP contribution in [0.5, 0.6) is 11.5 Å². The van der Waals surface area contributed by atoms with Gasteiger partial charge in [-0.2, -0.15) is 8.42 Å². The largest absolute Gasteiger partial charge is 0.453 e. The van der Waals surface area contributed by atoms with E-state index in [4.69, 9.17) is 10.5 Å². The summed E-state index contributed by atoms with van der Waals surface area (Å²) in [6, 6.07) is 20.3. The normalized spacial score (nSPS) is 11.7. The number of primary amides is 1. The summed E-state index contributed by atoms with van der Waals surface area (Å²) in [5.74, 6) is -3.20. The summed E-state index contributed by atoms with van der Waals surface area (Å²) < 4.78 is 66.1. The van der Waals surface area contributed by atoms with Crippen LogP contribution in [0.15, 0.2) is 111 Å². The number of carbonyl (C=O) groups is 2. The Morgan fingerprint density at radius 1 is 0.915 bits per heavy atom. The number of nitrogens with two attached hydrogens (primary N) is 1. The van der Waals surface area contributed by atoms with E-state index in [1.165, 1.54) is 77.5 Å². The van der Waals surface area contributed by atoms with E-state index in [2.05, 4.69) is 9.71 Å². The fourth-order valence-corrected chi connectivity index (χ4v) is 5.54. The minimum Gasteiger partial charge on any atom is -0.453 e. The highest BCUT2D eigenvalue weighted by molar-refractivity contribution is 7.90. The molecule has 0 radical (unpaired) electrons. The molecular formula is C33H27F2N5O6S. The fourth-order valence-electron chi connectivity index (χ4n) is 4.54. The molecule has 0 saturated heterocycles. The van der Waals surface area contributed by atoms with Gasteiger partial charge in [-0.15, -0.1) is 4.40 Å². The zero-order valence-corrected chi connectivity index (χ0v) is 25.8. The van der Waals surface area contributed by atoms with Crippen LogP contribution in [0.25, 0.3) is 5.69 Å². The Balaban J connectivity index is 1.38. The third kappa shape index (κ3) is 7.50. The second kappa shape index (κ2) is 13.2. The maximum atomic E-state index is 15.1. The second-order valence-electron chi connectivity index (χ2n) is 10.4. The summed E-state index contributed by atoms with van der Waals surface area (Å²) >= 11 is 0. The number of aromatic nitrogens is 2. The third-order valence-corrected chi connectivity index (χ3v) is 8.15. The molecule has 0 spiro atoms. The maximum absolute atomic E-state index is 15.1. The van der Waals surface area contributed by atoms with Gasteiger partial charge in [-0.3, -0.25) is 19.0 Å². The Kier molecular flexibility index (Phi) is 9.15. The van der Waals surface area contributed by atoms with Gasteiger partial charge in [0.2, 0.25) is 5.91 Å². The van der Waals surface area contributed by atoms with E-state index in [1.807, 2.05) is 0 Å². The van der Waals surface area contributed by atoms with Gasteiger partial charge in [-0.25, -0.2) is 8.78 Å². The van der Waals surface area contributed by atoms with Crippen molar-refractivity contribution in [1.29, 1.82) is 0 Å². The molecule has 11 nitrogen and oxygen atoms in total. The SMILES string of the molecule is Cc1ccc(S(=O)(=O)N=c2ccc(Oc3ccc(NC(=O)c4ccc(C)n(-c5ccc(F)cc5)c4=O)cc3F)cn2CC(N)=O)cc1. The number of aryl methyl sites for hydroxylation is 2. The molecule has 0 aliphatic heterocycles. The first-order valence-electron chi connectivity index (χ1n) is 13.9. The minimum atomic E-state index is -4.14. The number of halogens is 2. The Bertz CT molecular complexity index is 2250. The summed E-state index contributed by atoms with van der Waals surface area (Å²) in [5.41, 5.74) is 6.10. The molecule has 0 atom stereocenters. The van der Waals surface area contributed by atoms with Gasteiger partial charge in [-0.1, -0.05) is 17.7 Å². The summed E-state index contributed by atoms with van der Waals surface area (Å²) in [7, 11) is -4.14. The fraction of sp³-hybridized carbons (Fsp3) is 0.0909. The number of rotatable bonds is 9. The van der Waals surface area contributed by atoms with E-state index >= 15 is 4.39 Å². The number of sulfonamides is 1. The van der Waals surface area contributed by atoms with Crippen LogP contribution in [0.3, 0.4) is 0 Å². The molecule has 240 valence electrons. The van der Waals surface area contributed by atoms with E-state index in [9.17, 15) is 27.2 Å². The van der Waals surface area contributed by atoms with Gasteiger partial charge < -0.3 is 20.4 Å². The molecule has 0 aliphatic carbocycles. The van der Waals surface area contributed by atoms with Crippen LogP contribution < -0.4 is 26.8 Å². The van der Waals surface area contributed by atoms with Crippen molar-refractivity contribution in [2.45, 2.75) is 25.3 Å². The standard InChI is InChI=1S/C33H27F2N5O6S/c1-20-3-12-26(13-4-20)47(44,45)38-31-16-11-25(18-39(31)19-30(36)41)46-29-15-8-23(17-28(29)35)37-32(42)27-14-5-21(2)40(33(27)43)24-9-6-22(34)7-10-24/h3-18H,19H2,1-2H3,(H2,36,41)(H,37,42). The summed E-state index contributed by atoms with van der Waals surface area (Å²) in [5, 5.41) is 2.48. The van der Waals surface area contributed by atoms with Crippen molar-refractivity contribution in [1.82, 2.24) is 9.13 Å². The number of ether oxygens (including phenoxy) is 1. The highest BCUT2D eigenvalue weighted by Gasteiger charge is 2.17. The molecule has 0 aliphatic rings. The molecule has 5 rings (SSSR count). The van der Waals surface area contributed by atoms with Crippen LogP contribution in [-0.2, 0) is 21.4 Å². The number of hydrogen-bond acceptors (Lipinski definition) is 6. The zero-order chi connectivity index (χ0) is 33.9. The molecule has 47 heavy (non-hydrogen) atoms. The molecule has 0 fully saturated rings. The zero-order valence-electron chi connectivity index (χ0n) is 25.0. The number of hydrogen-bond donors (Lipinski definition) is 2. The van der Waals surface area contributed by atoms with Crippen molar-refractivity contribution < 1.29 is 31.5 Å². The molecule has 3 aromatic carbocycles. The average Bonchev–Trinajstić information content (AvgIpc) is 3.00. The number of amides is 2. The predicted octanol–water partition coefficient (Wildman–Crippen LogP) is 4.35. The molecule has 3 N–H and O–H groups in total. The van der Waals surface area contributed by atoms with Crippen molar-refractivity contribution in [3.63, 3.8) is 0 Å². The van der Waals surface area contributed by atoms with Gasteiger partial charge in [0, 0.05) is 29.3 Å².